The molecule has 0 saturated carbocycles. The molecule has 51 heavy (non-hydrogen) atoms. The maximum atomic E-state index is 14.1. The first-order valence-electron chi connectivity index (χ1n) is 18.8. The van der Waals surface area contributed by atoms with Crippen LogP contribution in [0.2, 0.25) is 0 Å². The molecule has 5 unspecified atom stereocenters. The van der Waals surface area contributed by atoms with E-state index in [9.17, 15) is 30.3 Å². The Morgan fingerprint density at radius 3 is 2.14 bits per heavy atom. The van der Waals surface area contributed by atoms with Crippen LogP contribution in [-0.4, -0.2) is 154 Å². The van der Waals surface area contributed by atoms with Crippen LogP contribution in [0.15, 0.2) is 0 Å². The van der Waals surface area contributed by atoms with Gasteiger partial charge in [-0.25, -0.2) is 0 Å². The number of nitrogens with zero attached hydrogens (tertiary/aromatic N) is 1. The summed E-state index contributed by atoms with van der Waals surface area (Å²) in [5.41, 5.74) is -4.37. The molecule has 0 aromatic rings. The lowest BCUT2D eigenvalue weighted by Gasteiger charge is -2.48. The number of aliphatic hydroxyl groups excluding tert-OH is 3. The maximum absolute atomic E-state index is 14.1. The van der Waals surface area contributed by atoms with Gasteiger partial charge in [-0.1, -0.05) is 20.8 Å². The molecule has 0 radical (unpaired) electrons. The number of carbonyl (C=O) groups excluding carboxylic acids is 1. The number of ether oxygens (including phenoxy) is 6. The number of likely N-dealkylation sites (N-methyl/N-ethyl adjacent to an activating group) is 1. The van der Waals surface area contributed by atoms with Crippen molar-refractivity contribution in [2.45, 2.75) is 185 Å². The van der Waals surface area contributed by atoms with Gasteiger partial charge in [0, 0.05) is 31.5 Å². The predicted octanol–water partition coefficient (Wildman–Crippen LogP) is 1.56. The second-order valence-corrected chi connectivity index (χ2v) is 16.7. The fourth-order valence-corrected chi connectivity index (χ4v) is 8.36. The van der Waals surface area contributed by atoms with E-state index in [1.807, 2.05) is 39.8 Å². The van der Waals surface area contributed by atoms with E-state index in [1.165, 1.54) is 14.0 Å². The fourth-order valence-electron chi connectivity index (χ4n) is 8.36. The molecule has 6 N–H and O–H groups in total. The molecule has 300 valence electrons. The van der Waals surface area contributed by atoms with Gasteiger partial charge in [0.15, 0.2) is 12.6 Å². The van der Waals surface area contributed by atoms with Gasteiger partial charge in [0.05, 0.1) is 41.5 Å². The third-order valence-corrected chi connectivity index (χ3v) is 11.7. The van der Waals surface area contributed by atoms with Crippen molar-refractivity contribution in [2.24, 2.45) is 17.8 Å². The number of rotatable bonds is 7. The van der Waals surface area contributed by atoms with E-state index in [-0.39, 0.29) is 37.3 Å². The molecule has 14 heteroatoms. The Kier molecular flexibility index (Phi) is 15.3. The van der Waals surface area contributed by atoms with Gasteiger partial charge in [0.2, 0.25) is 0 Å². The summed E-state index contributed by atoms with van der Waals surface area (Å²) >= 11 is 0. The molecule has 3 heterocycles. The summed E-state index contributed by atoms with van der Waals surface area (Å²) in [6.45, 7) is 17.8. The van der Waals surface area contributed by atoms with E-state index in [0.717, 1.165) is 0 Å². The summed E-state index contributed by atoms with van der Waals surface area (Å²) in [7, 11) is 5.27. The average Bonchev–Trinajstić information content (AvgIpc) is 3.05. The highest BCUT2D eigenvalue weighted by Gasteiger charge is 2.52. The standard InChI is InChI=1S/C37H70N2O12/c1-14-26-37(10,45)30(41)23(6)38-18-19(2)16-35(8,44)32(51-34-28(40)25(39(11)12)15-20(3)47-34)21(4)29(22(5)33(43)49-26)50-27-17-36(9,46-13)31(42)24(7)48-27/h19-32,34,38,40-42,44-45H,14-18H2,1-13H3/t19-,20-,21?,22-,23?,24?,25+,26-,27+,28?,29+,30-,31?,32-,34+,35-,36-,37-/m1/s1. The minimum absolute atomic E-state index is 0.132. The molecule has 18 atom stereocenters. The van der Waals surface area contributed by atoms with Crippen molar-refractivity contribution in [1.29, 1.82) is 0 Å². The molecule has 0 aromatic carbocycles. The molecular weight excluding hydrogens is 664 g/mol. The molecule has 3 aliphatic heterocycles. The molecule has 14 nitrogen and oxygen atoms in total. The van der Waals surface area contributed by atoms with Crippen LogP contribution in [0.3, 0.4) is 0 Å². The highest BCUT2D eigenvalue weighted by atomic mass is 16.7. The number of aliphatic hydroxyl groups is 5. The maximum Gasteiger partial charge on any atom is 0.311 e. The van der Waals surface area contributed by atoms with Gasteiger partial charge >= 0.3 is 5.97 Å². The number of hydrogen-bond donors (Lipinski definition) is 6. The highest BCUT2D eigenvalue weighted by Crippen LogP contribution is 2.40. The minimum atomic E-state index is -1.80. The number of cyclic esters (lactones) is 1. The Labute approximate surface area is 305 Å². The van der Waals surface area contributed by atoms with Gasteiger partial charge in [-0.3, -0.25) is 4.79 Å². The van der Waals surface area contributed by atoms with Crippen LogP contribution in [-0.2, 0) is 33.2 Å². The Morgan fingerprint density at radius 1 is 0.941 bits per heavy atom. The topological polar surface area (TPSA) is 189 Å². The van der Waals surface area contributed by atoms with Crippen LogP contribution in [0.1, 0.15) is 94.9 Å². The fraction of sp³-hybridized carbons (Fsp3) is 0.973. The van der Waals surface area contributed by atoms with E-state index in [4.69, 9.17) is 28.4 Å². The van der Waals surface area contributed by atoms with Crippen LogP contribution in [0.4, 0.5) is 0 Å². The monoisotopic (exact) mass is 734 g/mol. The number of methoxy groups -OCH3 is 1. The molecule has 3 aliphatic rings. The lowest BCUT2D eigenvalue weighted by molar-refractivity contribution is -0.318. The van der Waals surface area contributed by atoms with Gasteiger partial charge < -0.3 is 64.2 Å². The molecular formula is C37H70N2O12. The van der Waals surface area contributed by atoms with Crippen molar-refractivity contribution < 1.29 is 58.7 Å². The second-order valence-electron chi connectivity index (χ2n) is 16.7. The quantitative estimate of drug-likeness (QED) is 0.207. The molecule has 3 saturated heterocycles. The van der Waals surface area contributed by atoms with Crippen molar-refractivity contribution in [3.05, 3.63) is 0 Å². The van der Waals surface area contributed by atoms with Gasteiger partial charge in [0.25, 0.3) is 0 Å². The Balaban J connectivity index is 2.15. The van der Waals surface area contributed by atoms with Crippen LogP contribution in [0, 0.1) is 17.8 Å². The minimum Gasteiger partial charge on any atom is -0.459 e. The third-order valence-electron chi connectivity index (χ3n) is 11.7. The third kappa shape index (κ3) is 10.2. The zero-order valence-corrected chi connectivity index (χ0v) is 33.2. The van der Waals surface area contributed by atoms with Crippen LogP contribution in [0.25, 0.3) is 0 Å². The van der Waals surface area contributed by atoms with Gasteiger partial charge in [-0.05, 0) is 94.3 Å². The SMILES string of the molecule is CC[C@H]1OC(=O)[C@H](C)[C@@H](O[C@H]2C[C@@](C)(OC)C(O)C(C)O2)C(C)[C@@H](O[C@@H]2O[C@H](C)C[C@H](N(C)C)C2O)[C@](C)(O)C[C@@H](C)CNC(C)[C@@H](O)[C@]1(C)O. The van der Waals surface area contributed by atoms with E-state index in [0.29, 0.717) is 13.0 Å². The summed E-state index contributed by atoms with van der Waals surface area (Å²) in [6.07, 6.45) is -8.22. The lowest BCUT2D eigenvalue weighted by Crippen LogP contribution is -2.60. The van der Waals surface area contributed by atoms with E-state index >= 15 is 0 Å². The van der Waals surface area contributed by atoms with Crippen LogP contribution < -0.4 is 5.32 Å². The number of carbonyl (C=O) groups is 1. The molecule has 0 aromatic heterocycles. The van der Waals surface area contributed by atoms with Crippen molar-refractivity contribution >= 4 is 5.97 Å². The summed E-state index contributed by atoms with van der Waals surface area (Å²) in [6, 6.07) is -0.858. The van der Waals surface area contributed by atoms with Gasteiger partial charge in [-0.15, -0.1) is 0 Å². The van der Waals surface area contributed by atoms with Crippen molar-refractivity contribution in [2.75, 3.05) is 27.7 Å². The number of nitrogens with one attached hydrogen (secondary N) is 1. The zero-order valence-electron chi connectivity index (χ0n) is 33.2. The summed E-state index contributed by atoms with van der Waals surface area (Å²) in [5.74, 6) is -2.60. The predicted molar refractivity (Wildman–Crippen MR) is 190 cm³/mol. The van der Waals surface area contributed by atoms with E-state index in [1.54, 1.807) is 41.5 Å². The first-order chi connectivity index (χ1) is 23.5. The molecule has 0 bridgehead atoms. The van der Waals surface area contributed by atoms with E-state index < -0.39 is 96.0 Å². The van der Waals surface area contributed by atoms with Crippen molar-refractivity contribution in [3.63, 3.8) is 0 Å². The summed E-state index contributed by atoms with van der Waals surface area (Å²) in [5, 5.41) is 60.9. The Morgan fingerprint density at radius 2 is 1.57 bits per heavy atom. The van der Waals surface area contributed by atoms with Gasteiger partial charge in [0.1, 0.15) is 30.0 Å². The van der Waals surface area contributed by atoms with Crippen molar-refractivity contribution in [1.82, 2.24) is 10.2 Å². The first-order valence-corrected chi connectivity index (χ1v) is 18.8. The first kappa shape index (κ1) is 44.4. The van der Waals surface area contributed by atoms with E-state index in [2.05, 4.69) is 5.32 Å². The Bertz CT molecular complexity index is 1110. The molecule has 3 rings (SSSR count). The highest BCUT2D eigenvalue weighted by molar-refractivity contribution is 5.73. The van der Waals surface area contributed by atoms with Crippen molar-refractivity contribution in [3.8, 4) is 0 Å². The normalized spacial score (nSPS) is 49.9. The summed E-state index contributed by atoms with van der Waals surface area (Å²) < 4.78 is 37.4. The van der Waals surface area contributed by atoms with Crippen LogP contribution >= 0.6 is 0 Å². The average molecular weight is 735 g/mol. The molecule has 0 amide bonds. The summed E-state index contributed by atoms with van der Waals surface area (Å²) in [4.78, 5) is 16.1. The Hall–Kier alpha value is -1.01. The van der Waals surface area contributed by atoms with Gasteiger partial charge in [-0.2, -0.15) is 0 Å². The largest absolute Gasteiger partial charge is 0.459 e. The molecule has 0 aliphatic carbocycles. The smallest absolute Gasteiger partial charge is 0.311 e. The zero-order chi connectivity index (χ0) is 38.8. The molecule has 3 fully saturated rings. The number of esters is 1. The lowest BCUT2D eigenvalue weighted by atomic mass is 9.77. The second kappa shape index (κ2) is 17.6. The van der Waals surface area contributed by atoms with Crippen LogP contribution in [0.5, 0.6) is 0 Å². The number of hydrogen-bond acceptors (Lipinski definition) is 14. The molecule has 0 spiro atoms.